The van der Waals surface area contributed by atoms with E-state index in [1.54, 1.807) is 0 Å². The van der Waals surface area contributed by atoms with E-state index in [-0.39, 0.29) is 30.0 Å². The van der Waals surface area contributed by atoms with Crippen molar-refractivity contribution < 1.29 is 0 Å². The molecule has 2 aliphatic rings. The summed E-state index contributed by atoms with van der Waals surface area (Å²) in [7, 11) is 6.25. The number of guanidine groups is 1. The van der Waals surface area contributed by atoms with E-state index in [9.17, 15) is 0 Å². The maximum atomic E-state index is 4.43. The SMILES string of the molecule is CN=C(NCC1CN(C)CCN1C)NC(C)c1cccc(N2CCCC2)c1.I. The van der Waals surface area contributed by atoms with Gasteiger partial charge in [-0.05, 0) is 51.6 Å². The Balaban J connectivity index is 0.00000280. The molecule has 0 aliphatic carbocycles. The van der Waals surface area contributed by atoms with Crippen LogP contribution in [-0.4, -0.2) is 82.2 Å². The molecular formula is C21H37IN6. The minimum Gasteiger partial charge on any atom is -0.372 e. The highest BCUT2D eigenvalue weighted by Crippen LogP contribution is 2.23. The van der Waals surface area contributed by atoms with Gasteiger partial charge in [0.25, 0.3) is 0 Å². The summed E-state index contributed by atoms with van der Waals surface area (Å²) in [5.74, 6) is 0.871. The molecule has 0 radical (unpaired) electrons. The van der Waals surface area contributed by atoms with Crippen molar-refractivity contribution in [2.45, 2.75) is 31.8 Å². The lowest BCUT2D eigenvalue weighted by molar-refractivity contribution is 0.116. The zero-order valence-electron chi connectivity index (χ0n) is 17.8. The molecule has 7 heteroatoms. The van der Waals surface area contributed by atoms with Gasteiger partial charge in [-0.2, -0.15) is 0 Å². The average Bonchev–Trinajstić information content (AvgIpc) is 3.22. The molecule has 6 nitrogen and oxygen atoms in total. The Hall–Kier alpha value is -1.06. The quantitative estimate of drug-likeness (QED) is 0.370. The number of aliphatic imine (C=N–C) groups is 1. The first-order chi connectivity index (χ1) is 13.1. The Morgan fingerprint density at radius 1 is 1.18 bits per heavy atom. The molecule has 1 aromatic carbocycles. The van der Waals surface area contributed by atoms with Gasteiger partial charge in [0.05, 0.1) is 6.04 Å². The second-order valence-corrected chi connectivity index (χ2v) is 8.00. The molecule has 0 amide bonds. The Morgan fingerprint density at radius 3 is 2.64 bits per heavy atom. The molecule has 2 aliphatic heterocycles. The minimum absolute atomic E-state index is 0. The van der Waals surface area contributed by atoms with Crippen molar-refractivity contribution in [3.05, 3.63) is 29.8 Å². The van der Waals surface area contributed by atoms with Gasteiger partial charge in [-0.3, -0.25) is 9.89 Å². The molecule has 0 bridgehead atoms. The third kappa shape index (κ3) is 6.22. The van der Waals surface area contributed by atoms with Crippen LogP contribution in [-0.2, 0) is 0 Å². The molecule has 2 unspecified atom stereocenters. The van der Waals surface area contributed by atoms with Gasteiger partial charge in [0.15, 0.2) is 5.96 Å². The zero-order valence-corrected chi connectivity index (χ0v) is 20.1. The number of anilines is 1. The Bertz CT molecular complexity index is 631. The van der Waals surface area contributed by atoms with E-state index in [4.69, 9.17) is 0 Å². The van der Waals surface area contributed by atoms with Gasteiger partial charge in [0, 0.05) is 58.0 Å². The van der Waals surface area contributed by atoms with Crippen molar-refractivity contribution in [1.82, 2.24) is 20.4 Å². The van der Waals surface area contributed by atoms with E-state index in [2.05, 4.69) is 75.6 Å². The van der Waals surface area contributed by atoms with E-state index in [0.29, 0.717) is 6.04 Å². The standard InChI is InChI=1S/C21H36N6.HI/c1-17(18-8-7-9-19(14-18)27-10-5-6-11-27)24-21(22-2)23-15-20-16-25(3)12-13-26(20)4;/h7-9,14,17,20H,5-6,10-13,15-16H2,1-4H3,(H2,22,23,24);1H. The van der Waals surface area contributed by atoms with Crippen LogP contribution in [0.15, 0.2) is 29.3 Å². The summed E-state index contributed by atoms with van der Waals surface area (Å²) < 4.78 is 0. The van der Waals surface area contributed by atoms with Crippen LogP contribution >= 0.6 is 24.0 Å². The van der Waals surface area contributed by atoms with E-state index >= 15 is 0 Å². The Labute approximate surface area is 187 Å². The van der Waals surface area contributed by atoms with Gasteiger partial charge >= 0.3 is 0 Å². The summed E-state index contributed by atoms with van der Waals surface area (Å²) in [5.41, 5.74) is 2.64. The zero-order chi connectivity index (χ0) is 19.2. The van der Waals surface area contributed by atoms with Crippen molar-refractivity contribution >= 4 is 35.6 Å². The largest absolute Gasteiger partial charge is 0.372 e. The lowest BCUT2D eigenvalue weighted by atomic mass is 10.1. The number of halogens is 1. The normalized spacial score (nSPS) is 22.6. The second-order valence-electron chi connectivity index (χ2n) is 8.00. The third-order valence-electron chi connectivity index (χ3n) is 5.90. The van der Waals surface area contributed by atoms with Gasteiger partial charge in [-0.1, -0.05) is 12.1 Å². The van der Waals surface area contributed by atoms with Crippen LogP contribution in [0.25, 0.3) is 0 Å². The fourth-order valence-corrected chi connectivity index (χ4v) is 3.99. The molecule has 2 heterocycles. The highest BCUT2D eigenvalue weighted by Gasteiger charge is 2.22. The van der Waals surface area contributed by atoms with E-state index < -0.39 is 0 Å². The number of nitrogens with zero attached hydrogens (tertiary/aromatic N) is 4. The van der Waals surface area contributed by atoms with E-state index in [1.165, 1.54) is 37.2 Å². The summed E-state index contributed by atoms with van der Waals surface area (Å²) in [5, 5.41) is 7.08. The number of rotatable bonds is 5. The molecule has 2 N–H and O–H groups in total. The van der Waals surface area contributed by atoms with Crippen molar-refractivity contribution in [2.75, 3.05) is 65.3 Å². The topological polar surface area (TPSA) is 46.1 Å². The fraction of sp³-hybridized carbons (Fsp3) is 0.667. The Kier molecular flexibility index (Phi) is 9.30. The van der Waals surface area contributed by atoms with Crippen molar-refractivity contribution in [2.24, 2.45) is 4.99 Å². The van der Waals surface area contributed by atoms with Crippen LogP contribution in [0.2, 0.25) is 0 Å². The van der Waals surface area contributed by atoms with Crippen molar-refractivity contribution in [1.29, 1.82) is 0 Å². The third-order valence-corrected chi connectivity index (χ3v) is 5.90. The van der Waals surface area contributed by atoms with Crippen LogP contribution in [0.1, 0.15) is 31.4 Å². The first-order valence-corrected chi connectivity index (χ1v) is 10.3. The van der Waals surface area contributed by atoms with Crippen LogP contribution in [0, 0.1) is 0 Å². The highest BCUT2D eigenvalue weighted by molar-refractivity contribution is 14.0. The first-order valence-electron chi connectivity index (χ1n) is 10.3. The second kappa shape index (κ2) is 11.2. The fourth-order valence-electron chi connectivity index (χ4n) is 3.99. The van der Waals surface area contributed by atoms with E-state index in [0.717, 1.165) is 32.1 Å². The number of nitrogens with one attached hydrogen (secondary N) is 2. The van der Waals surface area contributed by atoms with Gasteiger partial charge in [-0.25, -0.2) is 0 Å². The minimum atomic E-state index is 0. The molecule has 0 spiro atoms. The highest BCUT2D eigenvalue weighted by atomic mass is 127. The number of likely N-dealkylation sites (N-methyl/N-ethyl adjacent to an activating group) is 2. The smallest absolute Gasteiger partial charge is 0.191 e. The predicted octanol–water partition coefficient (Wildman–Crippen LogP) is 2.38. The van der Waals surface area contributed by atoms with Gasteiger partial charge in [0.1, 0.15) is 0 Å². The lowest BCUT2D eigenvalue weighted by Gasteiger charge is -2.38. The molecule has 1 aromatic rings. The molecule has 0 saturated carbocycles. The van der Waals surface area contributed by atoms with Crippen LogP contribution in [0.4, 0.5) is 5.69 Å². The summed E-state index contributed by atoms with van der Waals surface area (Å²) in [6.07, 6.45) is 2.61. The molecule has 3 rings (SSSR count). The monoisotopic (exact) mass is 500 g/mol. The van der Waals surface area contributed by atoms with E-state index in [1.807, 2.05) is 7.05 Å². The molecule has 2 fully saturated rings. The lowest BCUT2D eigenvalue weighted by Crippen LogP contribution is -2.55. The average molecular weight is 500 g/mol. The maximum Gasteiger partial charge on any atom is 0.191 e. The number of piperazine rings is 1. The predicted molar refractivity (Wildman–Crippen MR) is 130 cm³/mol. The van der Waals surface area contributed by atoms with Crippen molar-refractivity contribution in [3.63, 3.8) is 0 Å². The summed E-state index contributed by atoms with van der Waals surface area (Å²) in [6, 6.07) is 9.64. The maximum absolute atomic E-state index is 4.43. The summed E-state index contributed by atoms with van der Waals surface area (Å²) in [4.78, 5) is 11.8. The van der Waals surface area contributed by atoms with Gasteiger partial charge < -0.3 is 20.4 Å². The van der Waals surface area contributed by atoms with Crippen LogP contribution in [0.5, 0.6) is 0 Å². The van der Waals surface area contributed by atoms with Gasteiger partial charge in [0.2, 0.25) is 0 Å². The molecular weight excluding hydrogens is 463 g/mol. The molecule has 0 aromatic heterocycles. The summed E-state index contributed by atoms with van der Waals surface area (Å²) >= 11 is 0. The summed E-state index contributed by atoms with van der Waals surface area (Å²) in [6.45, 7) is 8.82. The number of hydrogen-bond acceptors (Lipinski definition) is 4. The first kappa shape index (κ1) is 23.2. The molecule has 28 heavy (non-hydrogen) atoms. The molecule has 2 saturated heterocycles. The van der Waals surface area contributed by atoms with Crippen LogP contribution in [0.3, 0.4) is 0 Å². The van der Waals surface area contributed by atoms with Gasteiger partial charge in [-0.15, -0.1) is 24.0 Å². The number of hydrogen-bond donors (Lipinski definition) is 2. The number of benzene rings is 1. The van der Waals surface area contributed by atoms with Crippen LogP contribution < -0.4 is 15.5 Å². The van der Waals surface area contributed by atoms with Crippen molar-refractivity contribution in [3.8, 4) is 0 Å². The molecule has 2 atom stereocenters. The Morgan fingerprint density at radius 2 is 1.93 bits per heavy atom. The molecule has 158 valence electrons.